The summed E-state index contributed by atoms with van der Waals surface area (Å²) in [6, 6.07) is 0. The van der Waals surface area contributed by atoms with E-state index in [4.69, 9.17) is 4.74 Å². The molecule has 0 bridgehead atoms. The Hall–Kier alpha value is -0.750. The Labute approximate surface area is 192 Å². The quantitative estimate of drug-likeness (QED) is 0.614. The number of ether oxygens (including phenoxy) is 1. The maximum atomic E-state index is 12.1. The van der Waals surface area contributed by atoms with Gasteiger partial charge in [-0.15, -0.1) is 0 Å². The molecule has 0 heterocycles. The van der Waals surface area contributed by atoms with E-state index in [1.54, 1.807) is 0 Å². The number of hydrogen-bond acceptors (Lipinski definition) is 5. The van der Waals surface area contributed by atoms with Crippen LogP contribution in [-0.2, 0) is 9.53 Å². The average molecular weight is 447 g/mol. The molecule has 0 aromatic heterocycles. The Morgan fingerprint density at radius 1 is 0.969 bits per heavy atom. The number of ketones is 1. The summed E-state index contributed by atoms with van der Waals surface area (Å²) in [6.45, 7) is 6.85. The Morgan fingerprint density at radius 2 is 1.75 bits per heavy atom. The van der Waals surface area contributed by atoms with E-state index in [1.165, 1.54) is 24.8 Å². The lowest BCUT2D eigenvalue weighted by Crippen LogP contribution is -2.56. The molecule has 4 saturated carbocycles. The van der Waals surface area contributed by atoms with Gasteiger partial charge in [0.15, 0.2) is 5.78 Å². The van der Waals surface area contributed by atoms with Crippen LogP contribution in [-0.4, -0.2) is 51.6 Å². The molecule has 5 aliphatic rings. The summed E-state index contributed by atoms with van der Waals surface area (Å²) < 4.78 is 6.64. The number of rotatable bonds is 3. The van der Waals surface area contributed by atoms with Crippen molar-refractivity contribution in [3.05, 3.63) is 11.6 Å². The van der Waals surface area contributed by atoms with E-state index >= 15 is 0 Å². The third-order valence-electron chi connectivity index (χ3n) is 10.8. The van der Waals surface area contributed by atoms with Crippen LogP contribution in [0.5, 0.6) is 0 Å². The van der Waals surface area contributed by atoms with Gasteiger partial charge < -0.3 is 20.1 Å². The van der Waals surface area contributed by atoms with Crippen molar-refractivity contribution in [3.8, 4) is 0 Å². The molecule has 0 aromatic carbocycles. The topological polar surface area (TPSA) is 87.0 Å². The van der Waals surface area contributed by atoms with Crippen LogP contribution in [0.3, 0.4) is 0 Å². The molecule has 5 heteroatoms. The second kappa shape index (κ2) is 8.18. The van der Waals surface area contributed by atoms with Gasteiger partial charge in [0.25, 0.3) is 0 Å². The van der Waals surface area contributed by atoms with E-state index in [-0.39, 0.29) is 22.9 Å². The molecule has 5 aliphatic carbocycles. The second-order valence-electron chi connectivity index (χ2n) is 12.1. The van der Waals surface area contributed by atoms with Crippen LogP contribution >= 0.6 is 0 Å². The lowest BCUT2D eigenvalue weighted by Gasteiger charge is -2.58. The summed E-state index contributed by atoms with van der Waals surface area (Å²) >= 11 is 0. The predicted molar refractivity (Wildman–Crippen MR) is 122 cm³/mol. The highest BCUT2D eigenvalue weighted by atomic mass is 16.5. The van der Waals surface area contributed by atoms with Crippen LogP contribution in [0, 0.1) is 34.5 Å². The smallest absolute Gasteiger partial charge is 0.155 e. The normalized spacial score (nSPS) is 53.2. The molecule has 5 rings (SSSR count). The molecule has 5 nitrogen and oxygen atoms in total. The number of hydrogen-bond donors (Lipinski definition) is 3. The Bertz CT molecular complexity index is 776. The fourth-order valence-electron chi connectivity index (χ4n) is 8.77. The SMILES string of the molecule is CCC1CC(O[C@H]2CCC3C4CCC5=CC(=O)CC[C@]5(C)C4CC[C@@]32C)C(O)C(O)C1O. The minimum absolute atomic E-state index is 0.0309. The van der Waals surface area contributed by atoms with Gasteiger partial charge in [-0.3, -0.25) is 4.79 Å². The second-order valence-corrected chi connectivity index (χ2v) is 12.1. The first kappa shape index (κ1) is 23.0. The minimum atomic E-state index is -1.13. The highest BCUT2D eigenvalue weighted by Crippen LogP contribution is 2.65. The van der Waals surface area contributed by atoms with Gasteiger partial charge in [-0.2, -0.15) is 0 Å². The summed E-state index contributed by atoms with van der Waals surface area (Å²) in [5.41, 5.74) is 1.70. The number of carbonyl (C=O) groups is 1. The zero-order chi connectivity index (χ0) is 22.8. The molecule has 0 aliphatic heterocycles. The standard InChI is InChI=1S/C27H42O5/c1-4-15-13-21(24(30)25(31)23(15)29)32-22-8-7-19-18-6-5-16-14-17(28)9-11-26(16,2)20(18)10-12-27(19,22)3/h14-15,18-25,29-31H,4-13H2,1-3H3/t15?,18?,19?,20?,21?,22-,23?,24?,25?,26-,27-/m0/s1. The number of aliphatic hydroxyl groups excluding tert-OH is 3. The summed E-state index contributed by atoms with van der Waals surface area (Å²) in [6.07, 6.45) is 8.49. The van der Waals surface area contributed by atoms with Gasteiger partial charge in [0.05, 0.1) is 18.3 Å². The first-order valence-electron chi connectivity index (χ1n) is 13.1. The van der Waals surface area contributed by atoms with Gasteiger partial charge in [0.2, 0.25) is 0 Å². The molecule has 0 aromatic rings. The molecular formula is C27H42O5. The van der Waals surface area contributed by atoms with Gasteiger partial charge >= 0.3 is 0 Å². The molecule has 0 amide bonds. The van der Waals surface area contributed by atoms with Crippen molar-refractivity contribution in [1.29, 1.82) is 0 Å². The molecule has 0 spiro atoms. The van der Waals surface area contributed by atoms with Gasteiger partial charge in [-0.05, 0) is 91.9 Å². The van der Waals surface area contributed by atoms with Crippen LogP contribution in [0.4, 0.5) is 0 Å². The highest BCUT2D eigenvalue weighted by Gasteiger charge is 2.60. The Balaban J connectivity index is 1.33. The molecule has 11 atom stereocenters. The molecule has 180 valence electrons. The zero-order valence-electron chi connectivity index (χ0n) is 20.0. The van der Waals surface area contributed by atoms with Crippen molar-refractivity contribution in [3.63, 3.8) is 0 Å². The van der Waals surface area contributed by atoms with E-state index in [0.717, 1.165) is 32.1 Å². The summed E-state index contributed by atoms with van der Waals surface area (Å²) in [4.78, 5) is 12.1. The average Bonchev–Trinajstić information content (AvgIpc) is 3.10. The van der Waals surface area contributed by atoms with Gasteiger partial charge in [-0.25, -0.2) is 0 Å². The predicted octanol–water partition coefficient (Wildman–Crippen LogP) is 3.78. The van der Waals surface area contributed by atoms with E-state index in [2.05, 4.69) is 13.8 Å². The van der Waals surface area contributed by atoms with Crippen molar-refractivity contribution in [2.24, 2.45) is 34.5 Å². The molecule has 8 unspecified atom stereocenters. The van der Waals surface area contributed by atoms with Gasteiger partial charge in [0.1, 0.15) is 12.2 Å². The maximum absolute atomic E-state index is 12.1. The van der Waals surface area contributed by atoms with Crippen molar-refractivity contribution in [2.75, 3.05) is 0 Å². The third-order valence-corrected chi connectivity index (χ3v) is 10.8. The molecular weight excluding hydrogens is 404 g/mol. The van der Waals surface area contributed by atoms with E-state index in [1.807, 2.05) is 13.0 Å². The number of fused-ring (bicyclic) bond motifs is 5. The first-order chi connectivity index (χ1) is 15.2. The van der Waals surface area contributed by atoms with E-state index < -0.39 is 24.4 Å². The molecule has 3 N–H and O–H groups in total. The maximum Gasteiger partial charge on any atom is 0.155 e. The number of allylic oxidation sites excluding steroid dienone is 1. The Kier molecular flexibility index (Phi) is 5.88. The minimum Gasteiger partial charge on any atom is -0.390 e. The summed E-state index contributed by atoms with van der Waals surface area (Å²) in [5.74, 6) is 2.26. The van der Waals surface area contributed by atoms with Crippen molar-refractivity contribution in [1.82, 2.24) is 0 Å². The fourth-order valence-corrected chi connectivity index (χ4v) is 8.77. The number of aliphatic hydroxyl groups is 3. The largest absolute Gasteiger partial charge is 0.390 e. The molecule has 32 heavy (non-hydrogen) atoms. The first-order valence-corrected chi connectivity index (χ1v) is 13.1. The monoisotopic (exact) mass is 446 g/mol. The highest BCUT2D eigenvalue weighted by molar-refractivity contribution is 5.91. The van der Waals surface area contributed by atoms with E-state index in [0.29, 0.717) is 36.4 Å². The summed E-state index contributed by atoms with van der Waals surface area (Å²) in [5, 5.41) is 31.4. The molecule has 0 radical (unpaired) electrons. The van der Waals surface area contributed by atoms with Crippen molar-refractivity contribution < 1.29 is 24.9 Å². The van der Waals surface area contributed by atoms with Crippen LogP contribution in [0.25, 0.3) is 0 Å². The van der Waals surface area contributed by atoms with Crippen LogP contribution < -0.4 is 0 Å². The zero-order valence-corrected chi connectivity index (χ0v) is 20.0. The van der Waals surface area contributed by atoms with Crippen molar-refractivity contribution >= 4 is 5.78 Å². The van der Waals surface area contributed by atoms with Gasteiger partial charge in [-0.1, -0.05) is 32.8 Å². The molecule has 4 fully saturated rings. The summed E-state index contributed by atoms with van der Waals surface area (Å²) in [7, 11) is 0. The van der Waals surface area contributed by atoms with Crippen LogP contribution in [0.2, 0.25) is 0 Å². The number of carbonyl (C=O) groups excluding carboxylic acids is 1. The lowest BCUT2D eigenvalue weighted by molar-refractivity contribution is -0.203. The Morgan fingerprint density at radius 3 is 2.50 bits per heavy atom. The van der Waals surface area contributed by atoms with Crippen LogP contribution in [0.15, 0.2) is 11.6 Å². The fraction of sp³-hybridized carbons (Fsp3) is 0.889. The van der Waals surface area contributed by atoms with Crippen LogP contribution in [0.1, 0.15) is 85.0 Å². The lowest BCUT2D eigenvalue weighted by atomic mass is 9.47. The van der Waals surface area contributed by atoms with Crippen molar-refractivity contribution in [2.45, 2.75) is 115 Å². The van der Waals surface area contributed by atoms with Gasteiger partial charge in [0, 0.05) is 6.42 Å². The van der Waals surface area contributed by atoms with E-state index in [9.17, 15) is 20.1 Å². The third kappa shape index (κ3) is 3.37. The molecule has 0 saturated heterocycles.